The molecule has 0 fully saturated rings. The van der Waals surface area contributed by atoms with Gasteiger partial charge in [-0.15, -0.1) is 11.3 Å². The fraction of sp³-hybridized carbons (Fsp3) is 0.360. The number of nitrogens with two attached hydrogens (primary N) is 1. The number of rotatable bonds is 8. The minimum atomic E-state index is -0.771. The Kier molecular flexibility index (Phi) is 7.20. The number of nitrogens with one attached hydrogen (secondary N) is 1. The molecular weight excluding hydrogens is 468 g/mol. The molecule has 0 unspecified atom stereocenters. The number of nitrogen functional groups attached to an aromatic ring is 1. The molecule has 3 aromatic rings. The first-order valence-electron chi connectivity index (χ1n) is 11.5. The zero-order valence-electron chi connectivity index (χ0n) is 19.7. The van der Waals surface area contributed by atoms with Gasteiger partial charge in [0.2, 0.25) is 0 Å². The van der Waals surface area contributed by atoms with Crippen molar-refractivity contribution in [3.63, 3.8) is 0 Å². The average molecular weight is 497 g/mol. The topological polar surface area (TPSA) is 127 Å². The molecular formula is C25H28N4O5S. The summed E-state index contributed by atoms with van der Waals surface area (Å²) in [4.78, 5) is 56.1. The van der Waals surface area contributed by atoms with Gasteiger partial charge in [0.05, 0.1) is 6.54 Å². The van der Waals surface area contributed by atoms with Gasteiger partial charge in [-0.1, -0.05) is 44.2 Å². The summed E-state index contributed by atoms with van der Waals surface area (Å²) in [6.07, 6.45) is 2.98. The molecule has 2 heterocycles. The number of aromatic amines is 1. The molecule has 0 bridgehead atoms. The van der Waals surface area contributed by atoms with Crippen molar-refractivity contribution >= 4 is 34.7 Å². The number of aryl methyl sites for hydroxylation is 2. The number of anilines is 2. The van der Waals surface area contributed by atoms with Crippen LogP contribution in [0.5, 0.6) is 0 Å². The Morgan fingerprint density at radius 1 is 1.20 bits per heavy atom. The quantitative estimate of drug-likeness (QED) is 0.462. The van der Waals surface area contributed by atoms with Crippen LogP contribution in [0, 0.1) is 5.92 Å². The first-order chi connectivity index (χ1) is 16.7. The number of aromatic nitrogens is 2. The molecule has 184 valence electrons. The van der Waals surface area contributed by atoms with E-state index in [-0.39, 0.29) is 30.5 Å². The van der Waals surface area contributed by atoms with Gasteiger partial charge in [-0.25, -0.2) is 9.59 Å². The zero-order chi connectivity index (χ0) is 25.1. The molecule has 4 rings (SSSR count). The summed E-state index contributed by atoms with van der Waals surface area (Å²) in [5.74, 6) is -1.32. The summed E-state index contributed by atoms with van der Waals surface area (Å²) >= 11 is 1.39. The lowest BCUT2D eigenvalue weighted by Gasteiger charge is -2.26. The maximum atomic E-state index is 13.2. The second-order valence-electron chi connectivity index (χ2n) is 8.95. The third-order valence-corrected chi connectivity index (χ3v) is 7.01. The lowest BCUT2D eigenvalue weighted by atomic mass is 10.2. The molecule has 10 heteroatoms. The van der Waals surface area contributed by atoms with Gasteiger partial charge < -0.3 is 15.4 Å². The Labute approximate surface area is 206 Å². The van der Waals surface area contributed by atoms with E-state index in [2.05, 4.69) is 4.98 Å². The van der Waals surface area contributed by atoms with Gasteiger partial charge in [0, 0.05) is 11.4 Å². The highest BCUT2D eigenvalue weighted by Gasteiger charge is 2.27. The molecule has 3 N–H and O–H groups in total. The molecule has 0 radical (unpaired) electrons. The van der Waals surface area contributed by atoms with Crippen molar-refractivity contribution in [3.8, 4) is 0 Å². The molecule has 0 spiro atoms. The highest BCUT2D eigenvalue weighted by Crippen LogP contribution is 2.31. The number of hydrogen-bond donors (Lipinski definition) is 2. The van der Waals surface area contributed by atoms with E-state index in [4.69, 9.17) is 10.5 Å². The summed E-state index contributed by atoms with van der Waals surface area (Å²) < 4.78 is 6.51. The number of carbonyl (C=O) groups is 2. The molecule has 2 aromatic heterocycles. The van der Waals surface area contributed by atoms with Crippen LogP contribution in [0.1, 0.15) is 45.9 Å². The lowest BCUT2D eigenvalue weighted by molar-refractivity contribution is -0.121. The molecule has 9 nitrogen and oxygen atoms in total. The van der Waals surface area contributed by atoms with Crippen LogP contribution in [-0.2, 0) is 28.9 Å². The van der Waals surface area contributed by atoms with E-state index in [1.807, 2.05) is 50.2 Å². The van der Waals surface area contributed by atoms with E-state index >= 15 is 0 Å². The van der Waals surface area contributed by atoms with Crippen LogP contribution in [0.4, 0.5) is 11.5 Å². The van der Waals surface area contributed by atoms with Crippen molar-refractivity contribution in [3.05, 3.63) is 78.1 Å². The second-order valence-corrected chi connectivity index (χ2v) is 10.1. The maximum Gasteiger partial charge on any atom is 0.348 e. The van der Waals surface area contributed by atoms with Crippen LogP contribution in [0.25, 0.3) is 0 Å². The van der Waals surface area contributed by atoms with E-state index in [1.54, 1.807) is 0 Å². The number of amides is 1. The number of hydrogen-bond acceptors (Lipinski definition) is 7. The molecule has 1 aliphatic rings. The highest BCUT2D eigenvalue weighted by molar-refractivity contribution is 7.14. The second kappa shape index (κ2) is 10.3. The highest BCUT2D eigenvalue weighted by atomic mass is 32.1. The normalized spacial score (nSPS) is 12.5. The van der Waals surface area contributed by atoms with Crippen molar-refractivity contribution in [1.29, 1.82) is 0 Å². The Morgan fingerprint density at radius 2 is 1.94 bits per heavy atom. The third-order valence-electron chi connectivity index (χ3n) is 5.79. The van der Waals surface area contributed by atoms with Crippen molar-refractivity contribution in [2.24, 2.45) is 5.92 Å². The summed E-state index contributed by atoms with van der Waals surface area (Å²) in [5, 5.41) is 0. The van der Waals surface area contributed by atoms with Gasteiger partial charge in [0.15, 0.2) is 12.3 Å². The largest absolute Gasteiger partial charge is 0.451 e. The average Bonchev–Trinajstić information content (AvgIpc) is 3.42. The Bertz CT molecular complexity index is 1330. The summed E-state index contributed by atoms with van der Waals surface area (Å²) in [7, 11) is 0. The number of ether oxygens (including phenoxy) is 1. The van der Waals surface area contributed by atoms with Gasteiger partial charge in [0.1, 0.15) is 10.7 Å². The number of benzene rings is 1. The lowest BCUT2D eigenvalue weighted by Crippen LogP contribution is -2.44. The monoisotopic (exact) mass is 496 g/mol. The summed E-state index contributed by atoms with van der Waals surface area (Å²) in [6, 6.07) is 11.0. The predicted molar refractivity (Wildman–Crippen MR) is 135 cm³/mol. The number of nitrogens with zero attached hydrogens (tertiary/aromatic N) is 2. The fourth-order valence-electron chi connectivity index (χ4n) is 4.15. The first-order valence-corrected chi connectivity index (χ1v) is 12.3. The van der Waals surface area contributed by atoms with Crippen LogP contribution in [0.3, 0.4) is 0 Å². The zero-order valence-corrected chi connectivity index (χ0v) is 20.5. The smallest absolute Gasteiger partial charge is 0.348 e. The summed E-state index contributed by atoms with van der Waals surface area (Å²) in [6.45, 7) is 3.48. The molecule has 0 saturated carbocycles. The number of fused-ring (bicyclic) bond motifs is 1. The Hall–Kier alpha value is -3.66. The first kappa shape index (κ1) is 24.5. The van der Waals surface area contributed by atoms with Gasteiger partial charge in [-0.05, 0) is 42.4 Å². The minimum Gasteiger partial charge on any atom is -0.451 e. The maximum absolute atomic E-state index is 13.2. The molecule has 1 aliphatic carbocycles. The number of thiophene rings is 1. The van der Waals surface area contributed by atoms with Crippen molar-refractivity contribution in [1.82, 2.24) is 9.55 Å². The Morgan fingerprint density at radius 3 is 2.63 bits per heavy atom. The van der Waals surface area contributed by atoms with E-state index in [0.29, 0.717) is 4.88 Å². The number of esters is 1. The Balaban J connectivity index is 1.59. The van der Waals surface area contributed by atoms with Gasteiger partial charge in [-0.2, -0.15) is 0 Å². The van der Waals surface area contributed by atoms with E-state index in [1.165, 1.54) is 25.7 Å². The van der Waals surface area contributed by atoms with Crippen molar-refractivity contribution < 1.29 is 14.3 Å². The van der Waals surface area contributed by atoms with Gasteiger partial charge in [0.25, 0.3) is 11.5 Å². The van der Waals surface area contributed by atoms with Crippen molar-refractivity contribution in [2.45, 2.75) is 39.7 Å². The van der Waals surface area contributed by atoms with E-state index < -0.39 is 29.7 Å². The third kappa shape index (κ3) is 5.37. The van der Waals surface area contributed by atoms with Crippen LogP contribution in [-0.4, -0.2) is 34.6 Å². The van der Waals surface area contributed by atoms with Crippen LogP contribution in [0.2, 0.25) is 0 Å². The molecule has 35 heavy (non-hydrogen) atoms. The van der Waals surface area contributed by atoms with Gasteiger partial charge in [-0.3, -0.25) is 19.1 Å². The number of H-pyrrole nitrogens is 1. The minimum absolute atomic E-state index is 0.0248. The molecule has 0 aliphatic heterocycles. The van der Waals surface area contributed by atoms with Crippen LogP contribution < -0.4 is 21.9 Å². The molecule has 1 aromatic carbocycles. The molecule has 0 saturated heterocycles. The predicted octanol–water partition coefficient (Wildman–Crippen LogP) is 2.56. The van der Waals surface area contributed by atoms with Crippen LogP contribution >= 0.6 is 11.3 Å². The van der Waals surface area contributed by atoms with E-state index in [9.17, 15) is 19.2 Å². The van der Waals surface area contributed by atoms with Crippen LogP contribution in [0.15, 0.2) is 46.0 Å². The molecule has 0 atom stereocenters. The fourth-order valence-corrected chi connectivity index (χ4v) is 5.30. The standard InChI is InChI=1S/C25H28N4O5S/c1-15(2)12-28(20(30)14-34-24(32)19-11-17-9-6-10-18(17)35-19)21-22(26)29(25(33)27-23(21)31)13-16-7-4-3-5-8-16/h3-5,7-8,11,15H,6,9-10,12-14,26H2,1-2H3,(H,27,31,33). The van der Waals surface area contributed by atoms with Gasteiger partial charge >= 0.3 is 11.7 Å². The number of carbonyl (C=O) groups excluding carboxylic acids is 2. The van der Waals surface area contributed by atoms with E-state index in [0.717, 1.165) is 30.4 Å². The van der Waals surface area contributed by atoms with Crippen molar-refractivity contribution in [2.75, 3.05) is 23.8 Å². The molecule has 1 amide bonds. The SMILES string of the molecule is CC(C)CN(C(=O)COC(=O)c1cc2c(s1)CCC2)c1c(N)n(Cc2ccccc2)c(=O)[nH]c1=O. The summed E-state index contributed by atoms with van der Waals surface area (Å²) in [5.41, 5.74) is 6.67.